The lowest BCUT2D eigenvalue weighted by atomic mass is 9.62. The van der Waals surface area contributed by atoms with Crippen LogP contribution >= 0.6 is 0 Å². The molecule has 4 aliphatic rings. The molecule has 26 heavy (non-hydrogen) atoms. The number of carbonyl (C=O) groups excluding carboxylic acids is 2. The van der Waals surface area contributed by atoms with Crippen LogP contribution in [0.5, 0.6) is 0 Å². The fourth-order valence-electron chi connectivity index (χ4n) is 5.68. The summed E-state index contributed by atoms with van der Waals surface area (Å²) in [4.78, 5) is 29.4. The van der Waals surface area contributed by atoms with Crippen LogP contribution in [0.2, 0.25) is 0 Å². The van der Waals surface area contributed by atoms with E-state index >= 15 is 0 Å². The highest BCUT2D eigenvalue weighted by Crippen LogP contribution is 2.53. The van der Waals surface area contributed by atoms with Crippen molar-refractivity contribution in [2.75, 3.05) is 39.4 Å². The molecular formula is C21H34N2O3. The van der Waals surface area contributed by atoms with E-state index in [1.165, 1.54) is 44.9 Å². The van der Waals surface area contributed by atoms with Crippen molar-refractivity contribution in [3.8, 4) is 0 Å². The van der Waals surface area contributed by atoms with Gasteiger partial charge in [-0.3, -0.25) is 9.59 Å². The summed E-state index contributed by atoms with van der Waals surface area (Å²) in [5.41, 5.74) is 0.330. The zero-order chi connectivity index (χ0) is 18.0. The molecule has 4 fully saturated rings. The topological polar surface area (TPSA) is 49.9 Å². The maximum atomic E-state index is 12.8. The van der Waals surface area contributed by atoms with Gasteiger partial charge in [0.25, 0.3) is 0 Å². The second-order valence-electron chi connectivity index (χ2n) is 9.07. The first-order chi connectivity index (χ1) is 12.7. The predicted octanol–water partition coefficient (Wildman–Crippen LogP) is 2.83. The zero-order valence-corrected chi connectivity index (χ0v) is 16.1. The van der Waals surface area contributed by atoms with Crippen molar-refractivity contribution in [3.63, 3.8) is 0 Å². The molecule has 4 rings (SSSR count). The highest BCUT2D eigenvalue weighted by molar-refractivity contribution is 5.77. The van der Waals surface area contributed by atoms with Crippen LogP contribution in [-0.2, 0) is 14.3 Å². The largest absolute Gasteiger partial charge is 0.378 e. The third kappa shape index (κ3) is 3.78. The van der Waals surface area contributed by atoms with Crippen molar-refractivity contribution < 1.29 is 14.3 Å². The average molecular weight is 363 g/mol. The summed E-state index contributed by atoms with van der Waals surface area (Å²) >= 11 is 0. The van der Waals surface area contributed by atoms with Crippen LogP contribution in [0.15, 0.2) is 0 Å². The number of rotatable bonds is 5. The minimum atomic E-state index is 0.276. The van der Waals surface area contributed by atoms with Crippen LogP contribution in [0, 0.1) is 17.3 Å². The Balaban J connectivity index is 1.30. The van der Waals surface area contributed by atoms with Gasteiger partial charge < -0.3 is 14.5 Å². The number of likely N-dealkylation sites (tertiary alicyclic amines) is 1. The van der Waals surface area contributed by atoms with Gasteiger partial charge in [-0.1, -0.05) is 19.3 Å². The maximum absolute atomic E-state index is 12.8. The van der Waals surface area contributed by atoms with Gasteiger partial charge in [0.15, 0.2) is 0 Å². The third-order valence-corrected chi connectivity index (χ3v) is 7.52. The smallest absolute Gasteiger partial charge is 0.222 e. The van der Waals surface area contributed by atoms with Gasteiger partial charge in [-0.25, -0.2) is 0 Å². The third-order valence-electron chi connectivity index (χ3n) is 7.52. The highest BCUT2D eigenvalue weighted by Gasteiger charge is 2.51. The molecular weight excluding hydrogens is 328 g/mol. The van der Waals surface area contributed by atoms with E-state index in [4.69, 9.17) is 4.74 Å². The summed E-state index contributed by atoms with van der Waals surface area (Å²) in [6.07, 6.45) is 11.2. The predicted molar refractivity (Wildman–Crippen MR) is 99.6 cm³/mol. The standard InChI is InChI=1S/C21H34N2O3/c24-19(22-10-12-26-13-11-22)7-6-18-15-23(16-21(18)8-3-9-21)20(25)14-17-4-1-2-5-17/h17-18H,1-16H2. The lowest BCUT2D eigenvalue weighted by molar-refractivity contribution is -0.135. The Labute approximate surface area is 157 Å². The van der Waals surface area contributed by atoms with Crippen LogP contribution in [0.4, 0.5) is 0 Å². The molecule has 1 unspecified atom stereocenters. The van der Waals surface area contributed by atoms with E-state index in [9.17, 15) is 9.59 Å². The van der Waals surface area contributed by atoms with Gasteiger partial charge in [0, 0.05) is 39.0 Å². The van der Waals surface area contributed by atoms with Crippen molar-refractivity contribution >= 4 is 11.8 Å². The molecule has 5 heteroatoms. The van der Waals surface area contributed by atoms with E-state index < -0.39 is 0 Å². The van der Waals surface area contributed by atoms with Crippen LogP contribution in [0.1, 0.15) is 64.2 Å². The van der Waals surface area contributed by atoms with E-state index in [1.54, 1.807) is 0 Å². The van der Waals surface area contributed by atoms with Crippen molar-refractivity contribution in [1.29, 1.82) is 0 Å². The fraction of sp³-hybridized carbons (Fsp3) is 0.905. The summed E-state index contributed by atoms with van der Waals surface area (Å²) < 4.78 is 5.34. The molecule has 0 aromatic rings. The molecule has 0 aromatic heterocycles. The minimum Gasteiger partial charge on any atom is -0.378 e. The van der Waals surface area contributed by atoms with Crippen molar-refractivity contribution in [2.45, 2.75) is 64.2 Å². The summed E-state index contributed by atoms with van der Waals surface area (Å²) in [6, 6.07) is 0. The summed E-state index contributed by atoms with van der Waals surface area (Å²) in [5.74, 6) is 1.80. The van der Waals surface area contributed by atoms with E-state index in [0.717, 1.165) is 39.0 Å². The Kier molecular flexibility index (Phi) is 5.53. The van der Waals surface area contributed by atoms with Crippen LogP contribution in [0.25, 0.3) is 0 Å². The first kappa shape index (κ1) is 18.3. The first-order valence-electron chi connectivity index (χ1n) is 10.8. The number of amides is 2. The minimum absolute atomic E-state index is 0.276. The van der Waals surface area contributed by atoms with Gasteiger partial charge in [-0.2, -0.15) is 0 Å². The number of hydrogen-bond acceptors (Lipinski definition) is 3. The van der Waals surface area contributed by atoms with E-state index in [1.807, 2.05) is 4.90 Å². The Bertz CT molecular complexity index is 519. The van der Waals surface area contributed by atoms with Crippen molar-refractivity contribution in [1.82, 2.24) is 9.80 Å². The molecule has 2 saturated heterocycles. The van der Waals surface area contributed by atoms with Crippen LogP contribution in [0.3, 0.4) is 0 Å². The summed E-state index contributed by atoms with van der Waals surface area (Å²) in [5, 5.41) is 0. The van der Waals surface area contributed by atoms with Crippen LogP contribution < -0.4 is 0 Å². The number of nitrogens with zero attached hydrogens (tertiary/aromatic N) is 2. The molecule has 2 saturated carbocycles. The normalized spacial score (nSPS) is 28.5. The monoisotopic (exact) mass is 362 g/mol. The first-order valence-corrected chi connectivity index (χ1v) is 10.8. The van der Waals surface area contributed by atoms with Crippen molar-refractivity contribution in [3.05, 3.63) is 0 Å². The number of carbonyl (C=O) groups is 2. The lowest BCUT2D eigenvalue weighted by Gasteiger charge is -2.43. The quantitative estimate of drug-likeness (QED) is 0.756. The Hall–Kier alpha value is -1.10. The molecule has 0 radical (unpaired) electrons. The second-order valence-corrected chi connectivity index (χ2v) is 9.07. The van der Waals surface area contributed by atoms with Gasteiger partial charge in [0.2, 0.25) is 11.8 Å². The van der Waals surface area contributed by atoms with E-state index in [2.05, 4.69) is 4.90 Å². The maximum Gasteiger partial charge on any atom is 0.222 e. The highest BCUT2D eigenvalue weighted by atomic mass is 16.5. The lowest BCUT2D eigenvalue weighted by Crippen LogP contribution is -2.42. The Morgan fingerprint density at radius 2 is 1.69 bits per heavy atom. The molecule has 0 N–H and O–H groups in total. The molecule has 1 spiro atoms. The molecule has 146 valence electrons. The molecule has 2 heterocycles. The van der Waals surface area contributed by atoms with Gasteiger partial charge in [0.05, 0.1) is 13.2 Å². The molecule has 2 amide bonds. The van der Waals surface area contributed by atoms with Crippen molar-refractivity contribution in [2.24, 2.45) is 17.3 Å². The molecule has 1 atom stereocenters. The Morgan fingerprint density at radius 1 is 0.962 bits per heavy atom. The number of ether oxygens (including phenoxy) is 1. The molecule has 0 aromatic carbocycles. The summed E-state index contributed by atoms with van der Waals surface area (Å²) in [6.45, 7) is 4.66. The fourth-order valence-corrected chi connectivity index (χ4v) is 5.68. The van der Waals surface area contributed by atoms with Gasteiger partial charge in [-0.05, 0) is 49.4 Å². The second kappa shape index (κ2) is 7.87. The van der Waals surface area contributed by atoms with Gasteiger partial charge in [0.1, 0.15) is 0 Å². The summed E-state index contributed by atoms with van der Waals surface area (Å²) in [7, 11) is 0. The number of hydrogen-bond donors (Lipinski definition) is 0. The van der Waals surface area contributed by atoms with Gasteiger partial charge in [-0.15, -0.1) is 0 Å². The molecule has 0 bridgehead atoms. The molecule has 2 aliphatic carbocycles. The molecule has 2 aliphatic heterocycles. The zero-order valence-electron chi connectivity index (χ0n) is 16.1. The Morgan fingerprint density at radius 3 is 2.35 bits per heavy atom. The van der Waals surface area contributed by atoms with Crippen LogP contribution in [-0.4, -0.2) is 61.0 Å². The molecule has 5 nitrogen and oxygen atoms in total. The average Bonchev–Trinajstić information content (AvgIpc) is 3.27. The number of morpholine rings is 1. The SMILES string of the molecule is O=C(CCC1CN(C(=O)CC2CCCC2)CC12CCC2)N1CCOCC1. The van der Waals surface area contributed by atoms with E-state index in [-0.39, 0.29) is 5.91 Å². The van der Waals surface area contributed by atoms with E-state index in [0.29, 0.717) is 42.8 Å². The van der Waals surface area contributed by atoms with Gasteiger partial charge >= 0.3 is 0 Å².